The van der Waals surface area contributed by atoms with E-state index in [0.717, 1.165) is 31.8 Å². The predicted octanol–water partition coefficient (Wildman–Crippen LogP) is 2.55. The summed E-state index contributed by atoms with van der Waals surface area (Å²) >= 11 is 1.96. The van der Waals surface area contributed by atoms with Gasteiger partial charge in [0.15, 0.2) is 0 Å². The van der Waals surface area contributed by atoms with Crippen molar-refractivity contribution in [1.82, 2.24) is 4.90 Å². The van der Waals surface area contributed by atoms with Gasteiger partial charge in [-0.1, -0.05) is 18.2 Å². The van der Waals surface area contributed by atoms with Gasteiger partial charge in [-0.05, 0) is 23.8 Å². The Kier molecular flexibility index (Phi) is 3.97. The maximum absolute atomic E-state index is 12.4. The Bertz CT molecular complexity index is 455. The van der Waals surface area contributed by atoms with Crippen molar-refractivity contribution in [2.75, 3.05) is 36.5 Å². The number of para-hydroxylation sites is 1. The van der Waals surface area contributed by atoms with Gasteiger partial charge in [-0.3, -0.25) is 4.79 Å². The summed E-state index contributed by atoms with van der Waals surface area (Å²) < 4.78 is 0. The molecule has 1 saturated heterocycles. The number of benzene rings is 1. The maximum atomic E-state index is 12.4. The van der Waals surface area contributed by atoms with Crippen molar-refractivity contribution < 1.29 is 4.79 Å². The van der Waals surface area contributed by atoms with Crippen LogP contribution in [0.2, 0.25) is 0 Å². The third-order valence-electron chi connectivity index (χ3n) is 3.94. The van der Waals surface area contributed by atoms with Crippen LogP contribution >= 0.6 is 11.8 Å². The Morgan fingerprint density at radius 3 is 3.16 bits per heavy atom. The van der Waals surface area contributed by atoms with Crippen LogP contribution in [0.5, 0.6) is 0 Å². The zero-order chi connectivity index (χ0) is 13.1. The molecule has 102 valence electrons. The molecule has 4 heteroatoms. The van der Waals surface area contributed by atoms with Crippen molar-refractivity contribution in [1.29, 1.82) is 0 Å². The molecule has 1 unspecified atom stereocenters. The largest absolute Gasteiger partial charge is 0.384 e. The minimum absolute atomic E-state index is 0.325. The number of carbonyl (C=O) groups excluding carboxylic acids is 1. The topological polar surface area (TPSA) is 32.3 Å². The normalized spacial score (nSPS) is 22.5. The number of nitrogens with one attached hydrogen (secondary N) is 1. The quantitative estimate of drug-likeness (QED) is 0.901. The number of anilines is 1. The van der Waals surface area contributed by atoms with Gasteiger partial charge >= 0.3 is 0 Å². The lowest BCUT2D eigenvalue weighted by molar-refractivity contribution is -0.131. The van der Waals surface area contributed by atoms with Crippen molar-refractivity contribution in [2.24, 2.45) is 0 Å². The molecule has 19 heavy (non-hydrogen) atoms. The van der Waals surface area contributed by atoms with Gasteiger partial charge in [-0.15, -0.1) is 0 Å². The molecule has 2 aliphatic rings. The highest BCUT2D eigenvalue weighted by molar-refractivity contribution is 7.99. The van der Waals surface area contributed by atoms with E-state index in [1.54, 1.807) is 0 Å². The van der Waals surface area contributed by atoms with Gasteiger partial charge in [-0.25, -0.2) is 0 Å². The molecule has 2 aliphatic heterocycles. The molecule has 0 radical (unpaired) electrons. The average molecular weight is 276 g/mol. The Labute approximate surface area is 118 Å². The molecule has 1 aromatic rings. The van der Waals surface area contributed by atoms with Crippen LogP contribution in [0.15, 0.2) is 24.3 Å². The van der Waals surface area contributed by atoms with Crippen LogP contribution in [-0.4, -0.2) is 41.9 Å². The Hall–Kier alpha value is -1.16. The van der Waals surface area contributed by atoms with Crippen LogP contribution in [0.4, 0.5) is 5.69 Å². The summed E-state index contributed by atoms with van der Waals surface area (Å²) in [6.07, 6.45) is 1.78. The van der Waals surface area contributed by atoms with Crippen molar-refractivity contribution in [2.45, 2.75) is 18.8 Å². The smallest absolute Gasteiger partial charge is 0.223 e. The second-order valence-electron chi connectivity index (χ2n) is 5.22. The first-order valence-electron chi connectivity index (χ1n) is 7.03. The molecule has 0 bridgehead atoms. The summed E-state index contributed by atoms with van der Waals surface area (Å²) in [4.78, 5) is 14.5. The van der Waals surface area contributed by atoms with E-state index in [1.807, 2.05) is 17.8 Å². The molecular formula is C15H20N2OS. The number of amides is 1. The van der Waals surface area contributed by atoms with Crippen LogP contribution in [-0.2, 0) is 4.79 Å². The Morgan fingerprint density at radius 2 is 2.21 bits per heavy atom. The third kappa shape index (κ3) is 2.89. The van der Waals surface area contributed by atoms with Gasteiger partial charge in [0.2, 0.25) is 5.91 Å². The lowest BCUT2D eigenvalue weighted by Crippen LogP contribution is -2.34. The van der Waals surface area contributed by atoms with Crippen molar-refractivity contribution in [3.05, 3.63) is 29.8 Å². The third-order valence-corrected chi connectivity index (χ3v) is 4.98. The molecule has 3 rings (SSSR count). The fourth-order valence-corrected chi connectivity index (χ4v) is 3.76. The molecule has 1 aromatic carbocycles. The predicted molar refractivity (Wildman–Crippen MR) is 80.8 cm³/mol. The van der Waals surface area contributed by atoms with E-state index in [-0.39, 0.29) is 0 Å². The van der Waals surface area contributed by atoms with Gasteiger partial charge < -0.3 is 10.2 Å². The summed E-state index contributed by atoms with van der Waals surface area (Å²) in [6, 6.07) is 8.35. The molecular weight excluding hydrogens is 256 g/mol. The van der Waals surface area contributed by atoms with E-state index in [4.69, 9.17) is 0 Å². The van der Waals surface area contributed by atoms with Gasteiger partial charge in [0.1, 0.15) is 0 Å². The SMILES string of the molecule is O=C(CC1CNc2ccccc21)N1CCCSCC1. The van der Waals surface area contributed by atoms with E-state index < -0.39 is 0 Å². The molecule has 1 amide bonds. The molecule has 1 atom stereocenters. The molecule has 0 aromatic heterocycles. The van der Waals surface area contributed by atoms with Crippen LogP contribution in [0.25, 0.3) is 0 Å². The standard InChI is InChI=1S/C15H20N2OS/c18-15(17-6-3-8-19-9-7-17)10-12-11-16-14-5-2-1-4-13(12)14/h1-2,4-5,12,16H,3,6-11H2. The molecule has 0 aliphatic carbocycles. The second-order valence-corrected chi connectivity index (χ2v) is 6.44. The van der Waals surface area contributed by atoms with E-state index in [0.29, 0.717) is 18.2 Å². The first-order valence-corrected chi connectivity index (χ1v) is 8.18. The number of nitrogens with zero attached hydrogens (tertiary/aromatic N) is 1. The number of fused-ring (bicyclic) bond motifs is 1. The van der Waals surface area contributed by atoms with Crippen LogP contribution < -0.4 is 5.32 Å². The highest BCUT2D eigenvalue weighted by Gasteiger charge is 2.26. The maximum Gasteiger partial charge on any atom is 0.223 e. The van der Waals surface area contributed by atoms with Crippen molar-refractivity contribution in [3.63, 3.8) is 0 Å². The number of carbonyl (C=O) groups is 1. The molecule has 1 fully saturated rings. The average Bonchev–Trinajstić information content (AvgIpc) is 2.66. The summed E-state index contributed by atoms with van der Waals surface area (Å²) in [6.45, 7) is 2.76. The van der Waals surface area contributed by atoms with E-state index in [2.05, 4.69) is 28.4 Å². The summed E-state index contributed by atoms with van der Waals surface area (Å²) in [5, 5.41) is 3.40. The monoisotopic (exact) mass is 276 g/mol. The molecule has 1 N–H and O–H groups in total. The summed E-state index contributed by atoms with van der Waals surface area (Å²) in [5.41, 5.74) is 2.51. The van der Waals surface area contributed by atoms with Crippen LogP contribution in [0.1, 0.15) is 24.3 Å². The fraction of sp³-hybridized carbons (Fsp3) is 0.533. The second kappa shape index (κ2) is 5.87. The number of thioether (sulfide) groups is 1. The van der Waals surface area contributed by atoms with Crippen LogP contribution in [0, 0.1) is 0 Å². The zero-order valence-corrected chi connectivity index (χ0v) is 11.9. The van der Waals surface area contributed by atoms with Gasteiger partial charge in [0.05, 0.1) is 0 Å². The number of hydrogen-bond acceptors (Lipinski definition) is 3. The van der Waals surface area contributed by atoms with Crippen molar-refractivity contribution in [3.8, 4) is 0 Å². The van der Waals surface area contributed by atoms with Crippen LogP contribution in [0.3, 0.4) is 0 Å². The lowest BCUT2D eigenvalue weighted by Gasteiger charge is -2.21. The first-order chi connectivity index (χ1) is 9.34. The number of hydrogen-bond donors (Lipinski definition) is 1. The highest BCUT2D eigenvalue weighted by Crippen LogP contribution is 2.33. The number of rotatable bonds is 2. The fourth-order valence-electron chi connectivity index (χ4n) is 2.87. The minimum atomic E-state index is 0.325. The Morgan fingerprint density at radius 1 is 1.32 bits per heavy atom. The lowest BCUT2D eigenvalue weighted by atomic mass is 9.97. The minimum Gasteiger partial charge on any atom is -0.384 e. The van der Waals surface area contributed by atoms with E-state index in [1.165, 1.54) is 17.0 Å². The van der Waals surface area contributed by atoms with E-state index in [9.17, 15) is 4.79 Å². The highest BCUT2D eigenvalue weighted by atomic mass is 32.2. The van der Waals surface area contributed by atoms with Gasteiger partial charge in [0, 0.05) is 43.4 Å². The van der Waals surface area contributed by atoms with E-state index >= 15 is 0 Å². The van der Waals surface area contributed by atoms with Gasteiger partial charge in [-0.2, -0.15) is 11.8 Å². The molecule has 3 nitrogen and oxygen atoms in total. The molecule has 0 saturated carbocycles. The molecule has 0 spiro atoms. The summed E-state index contributed by atoms with van der Waals surface area (Å²) in [7, 11) is 0. The molecule has 2 heterocycles. The zero-order valence-electron chi connectivity index (χ0n) is 11.1. The van der Waals surface area contributed by atoms with Crippen molar-refractivity contribution >= 4 is 23.4 Å². The first kappa shape index (κ1) is 12.9. The van der Waals surface area contributed by atoms with Gasteiger partial charge in [0.25, 0.3) is 0 Å². The summed E-state index contributed by atoms with van der Waals surface area (Å²) in [5.74, 6) is 2.95. The Balaban J connectivity index is 1.64.